The van der Waals surface area contributed by atoms with Gasteiger partial charge in [0.15, 0.2) is 0 Å². The Bertz CT molecular complexity index is 547. The molecule has 2 aromatic rings. The molecule has 4 nitrogen and oxygen atoms in total. The fourth-order valence-electron chi connectivity index (χ4n) is 1.48. The smallest absolute Gasteiger partial charge is 0.245 e. The SMILES string of the molecule is COc1ccc(C=NNC(=O)Cc2cccs2)cc1. The number of nitrogens with one attached hydrogen (secondary N) is 1. The Labute approximate surface area is 115 Å². The van der Waals surface area contributed by atoms with Gasteiger partial charge in [0, 0.05) is 4.88 Å². The number of hydrogen-bond donors (Lipinski definition) is 1. The van der Waals surface area contributed by atoms with Gasteiger partial charge in [-0.2, -0.15) is 5.10 Å². The van der Waals surface area contributed by atoms with Crippen LogP contribution >= 0.6 is 11.3 Å². The zero-order valence-corrected chi connectivity index (χ0v) is 11.3. The van der Waals surface area contributed by atoms with E-state index in [1.807, 2.05) is 41.8 Å². The van der Waals surface area contributed by atoms with Crippen LogP contribution in [0.15, 0.2) is 46.9 Å². The van der Waals surface area contributed by atoms with Gasteiger partial charge >= 0.3 is 0 Å². The number of thiophene rings is 1. The van der Waals surface area contributed by atoms with E-state index in [9.17, 15) is 4.79 Å². The summed E-state index contributed by atoms with van der Waals surface area (Å²) in [4.78, 5) is 12.6. The maximum absolute atomic E-state index is 11.6. The number of ether oxygens (including phenoxy) is 1. The summed E-state index contributed by atoms with van der Waals surface area (Å²) in [6.45, 7) is 0. The summed E-state index contributed by atoms with van der Waals surface area (Å²) < 4.78 is 5.06. The monoisotopic (exact) mass is 274 g/mol. The van der Waals surface area contributed by atoms with Gasteiger partial charge in [0.25, 0.3) is 0 Å². The molecular formula is C14H14N2O2S. The molecular weight excluding hydrogens is 260 g/mol. The average Bonchev–Trinajstić information content (AvgIpc) is 2.92. The second kappa shape index (κ2) is 6.70. The van der Waals surface area contributed by atoms with Crippen LogP contribution in [0.3, 0.4) is 0 Å². The van der Waals surface area contributed by atoms with Crippen molar-refractivity contribution in [2.75, 3.05) is 7.11 Å². The number of carbonyl (C=O) groups is 1. The van der Waals surface area contributed by atoms with Gasteiger partial charge in [0.1, 0.15) is 5.75 Å². The Balaban J connectivity index is 1.83. The zero-order valence-electron chi connectivity index (χ0n) is 10.5. The minimum absolute atomic E-state index is 0.118. The molecule has 2 rings (SSSR count). The van der Waals surface area contributed by atoms with Gasteiger partial charge in [-0.3, -0.25) is 4.79 Å². The van der Waals surface area contributed by atoms with E-state index in [4.69, 9.17) is 4.74 Å². The number of amides is 1. The van der Waals surface area contributed by atoms with Crippen LogP contribution in [0, 0.1) is 0 Å². The predicted octanol–water partition coefficient (Wildman–Crippen LogP) is 2.45. The average molecular weight is 274 g/mol. The molecule has 0 spiro atoms. The maximum Gasteiger partial charge on any atom is 0.245 e. The molecule has 0 atom stereocenters. The number of hydrazone groups is 1. The molecule has 1 heterocycles. The van der Waals surface area contributed by atoms with Gasteiger partial charge in [-0.25, -0.2) is 5.43 Å². The molecule has 0 fully saturated rings. The molecule has 1 amide bonds. The largest absolute Gasteiger partial charge is 0.497 e. The summed E-state index contributed by atoms with van der Waals surface area (Å²) >= 11 is 1.56. The first kappa shape index (κ1) is 13.3. The molecule has 1 N–H and O–H groups in total. The number of methoxy groups -OCH3 is 1. The summed E-state index contributed by atoms with van der Waals surface area (Å²) in [6.07, 6.45) is 1.96. The number of benzene rings is 1. The van der Waals surface area contributed by atoms with Crippen LogP contribution in [0.4, 0.5) is 0 Å². The van der Waals surface area contributed by atoms with Crippen LogP contribution in [-0.2, 0) is 11.2 Å². The topological polar surface area (TPSA) is 50.7 Å². The normalized spacial score (nSPS) is 10.6. The number of nitrogens with zero attached hydrogens (tertiary/aromatic N) is 1. The van der Waals surface area contributed by atoms with Gasteiger partial charge in [-0.1, -0.05) is 6.07 Å². The Kier molecular flexibility index (Phi) is 4.69. The minimum atomic E-state index is -0.118. The number of hydrogen-bond acceptors (Lipinski definition) is 4. The van der Waals surface area contributed by atoms with E-state index >= 15 is 0 Å². The lowest BCUT2D eigenvalue weighted by molar-refractivity contribution is -0.120. The molecule has 0 saturated heterocycles. The highest BCUT2D eigenvalue weighted by Crippen LogP contribution is 2.10. The molecule has 0 aliphatic heterocycles. The molecule has 0 unspecified atom stereocenters. The lowest BCUT2D eigenvalue weighted by Crippen LogP contribution is -2.19. The first-order chi connectivity index (χ1) is 9.28. The van der Waals surface area contributed by atoms with Crippen LogP contribution in [0.5, 0.6) is 5.75 Å². The van der Waals surface area contributed by atoms with Crippen LogP contribution < -0.4 is 10.2 Å². The van der Waals surface area contributed by atoms with Crippen LogP contribution in [-0.4, -0.2) is 19.2 Å². The first-order valence-corrected chi connectivity index (χ1v) is 6.64. The van der Waals surface area contributed by atoms with Crippen LogP contribution in [0.1, 0.15) is 10.4 Å². The number of rotatable bonds is 5. The van der Waals surface area contributed by atoms with Crippen molar-refractivity contribution in [3.63, 3.8) is 0 Å². The Morgan fingerprint density at radius 3 is 2.79 bits per heavy atom. The highest BCUT2D eigenvalue weighted by molar-refractivity contribution is 7.10. The van der Waals surface area contributed by atoms with Crippen molar-refractivity contribution in [1.82, 2.24) is 5.43 Å². The van der Waals surface area contributed by atoms with Gasteiger partial charge in [0.05, 0.1) is 19.7 Å². The quantitative estimate of drug-likeness (QED) is 0.672. The molecule has 1 aromatic carbocycles. The fourth-order valence-corrected chi connectivity index (χ4v) is 2.18. The molecule has 98 valence electrons. The molecule has 5 heteroatoms. The van der Waals surface area contributed by atoms with Crippen molar-refractivity contribution >= 4 is 23.5 Å². The van der Waals surface area contributed by atoms with Crippen molar-refractivity contribution in [1.29, 1.82) is 0 Å². The van der Waals surface area contributed by atoms with Crippen molar-refractivity contribution in [2.45, 2.75) is 6.42 Å². The predicted molar refractivity (Wildman–Crippen MR) is 76.8 cm³/mol. The van der Waals surface area contributed by atoms with Crippen molar-refractivity contribution in [2.24, 2.45) is 5.10 Å². The second-order valence-corrected chi connectivity index (χ2v) is 4.85. The third-order valence-corrected chi connectivity index (χ3v) is 3.31. The Morgan fingerprint density at radius 1 is 1.37 bits per heavy atom. The lowest BCUT2D eigenvalue weighted by Gasteiger charge is -1.99. The highest BCUT2D eigenvalue weighted by Gasteiger charge is 2.01. The Hall–Kier alpha value is -2.14. The van der Waals surface area contributed by atoms with E-state index in [1.165, 1.54) is 0 Å². The van der Waals surface area contributed by atoms with Gasteiger partial charge in [-0.05, 0) is 41.3 Å². The summed E-state index contributed by atoms with van der Waals surface area (Å²) in [6, 6.07) is 11.3. The first-order valence-electron chi connectivity index (χ1n) is 5.76. The standard InChI is InChI=1S/C14H14N2O2S/c1-18-12-6-4-11(5-7-12)10-15-16-14(17)9-13-3-2-8-19-13/h2-8,10H,9H2,1H3,(H,16,17). The number of carbonyl (C=O) groups excluding carboxylic acids is 1. The second-order valence-electron chi connectivity index (χ2n) is 3.82. The third kappa shape index (κ3) is 4.22. The summed E-state index contributed by atoms with van der Waals surface area (Å²) in [7, 11) is 1.62. The Morgan fingerprint density at radius 2 is 2.16 bits per heavy atom. The van der Waals surface area contributed by atoms with Crippen molar-refractivity contribution in [3.05, 3.63) is 52.2 Å². The zero-order chi connectivity index (χ0) is 13.5. The molecule has 1 aromatic heterocycles. The minimum Gasteiger partial charge on any atom is -0.497 e. The molecule has 0 saturated carbocycles. The lowest BCUT2D eigenvalue weighted by atomic mass is 10.2. The van der Waals surface area contributed by atoms with Gasteiger partial charge in [0.2, 0.25) is 5.91 Å². The van der Waals surface area contributed by atoms with Gasteiger partial charge in [-0.15, -0.1) is 11.3 Å². The van der Waals surface area contributed by atoms with Crippen molar-refractivity contribution in [3.8, 4) is 5.75 Å². The summed E-state index contributed by atoms with van der Waals surface area (Å²) in [5, 5.41) is 5.86. The molecule has 0 aliphatic carbocycles. The van der Waals surface area contributed by atoms with Crippen LogP contribution in [0.2, 0.25) is 0 Å². The van der Waals surface area contributed by atoms with E-state index in [2.05, 4.69) is 10.5 Å². The van der Waals surface area contributed by atoms with Crippen molar-refractivity contribution < 1.29 is 9.53 Å². The van der Waals surface area contributed by atoms with E-state index in [0.717, 1.165) is 16.2 Å². The fraction of sp³-hybridized carbons (Fsp3) is 0.143. The third-order valence-electron chi connectivity index (χ3n) is 2.43. The van der Waals surface area contributed by atoms with E-state index in [-0.39, 0.29) is 5.91 Å². The van der Waals surface area contributed by atoms with Gasteiger partial charge < -0.3 is 4.74 Å². The molecule has 0 radical (unpaired) electrons. The van der Waals surface area contributed by atoms with E-state index in [1.54, 1.807) is 24.7 Å². The van der Waals surface area contributed by atoms with Crippen LogP contribution in [0.25, 0.3) is 0 Å². The summed E-state index contributed by atoms with van der Waals surface area (Å²) in [5.41, 5.74) is 3.40. The van der Waals surface area contributed by atoms with E-state index in [0.29, 0.717) is 6.42 Å². The highest BCUT2D eigenvalue weighted by atomic mass is 32.1. The molecule has 0 bridgehead atoms. The van der Waals surface area contributed by atoms with E-state index < -0.39 is 0 Å². The summed E-state index contributed by atoms with van der Waals surface area (Å²) in [5.74, 6) is 0.672. The molecule has 0 aliphatic rings. The molecule has 19 heavy (non-hydrogen) atoms. The maximum atomic E-state index is 11.6.